The summed E-state index contributed by atoms with van der Waals surface area (Å²) < 4.78 is 18.6. The van der Waals surface area contributed by atoms with Gasteiger partial charge in [-0.2, -0.15) is 0 Å². The minimum absolute atomic E-state index is 0.123. The molecule has 1 aliphatic rings. The minimum atomic E-state index is -1.20. The van der Waals surface area contributed by atoms with Gasteiger partial charge in [0.1, 0.15) is 11.4 Å². The smallest absolute Gasteiger partial charge is 0.338 e. The maximum atomic E-state index is 13.5. The van der Waals surface area contributed by atoms with Crippen LogP contribution in [0.25, 0.3) is 0 Å². The van der Waals surface area contributed by atoms with E-state index in [0.717, 1.165) is 0 Å². The van der Waals surface area contributed by atoms with Crippen molar-refractivity contribution in [3.63, 3.8) is 0 Å². The first-order valence-electron chi connectivity index (χ1n) is 8.99. The fraction of sp³-hybridized carbons (Fsp3) is 0.300. The van der Waals surface area contributed by atoms with E-state index in [1.807, 2.05) is 0 Å². The summed E-state index contributed by atoms with van der Waals surface area (Å²) in [6, 6.07) is 5.72. The van der Waals surface area contributed by atoms with Crippen molar-refractivity contribution in [2.24, 2.45) is 4.99 Å². The Balaban J connectivity index is 2.18. The second-order valence-corrected chi connectivity index (χ2v) is 7.81. The fourth-order valence-electron chi connectivity index (χ4n) is 3.33. The number of aromatic nitrogens is 1. The molecule has 10 heteroatoms. The van der Waals surface area contributed by atoms with Gasteiger partial charge < -0.3 is 15.2 Å². The van der Waals surface area contributed by atoms with Crippen LogP contribution >= 0.6 is 11.3 Å². The van der Waals surface area contributed by atoms with E-state index in [1.54, 1.807) is 42.6 Å². The Morgan fingerprint density at radius 3 is 2.60 bits per heavy atom. The van der Waals surface area contributed by atoms with Gasteiger partial charge in [0.05, 0.1) is 19.2 Å². The molecule has 1 aromatic carbocycles. The van der Waals surface area contributed by atoms with Gasteiger partial charge in [-0.15, -0.1) is 11.3 Å². The molecule has 0 spiro atoms. The number of hydrogen-bond acceptors (Lipinski definition) is 8. The van der Waals surface area contributed by atoms with E-state index < -0.39 is 23.3 Å². The standard InChI is InChI=1S/C20H21FN4O4S/c1-20(12-4-6-13(21)7-5-12)16(19(28)29-3)14(10-25(2)11-15(26)27)23-17(24-20)18-22-8-9-30-18/h4-9H,10-11H2,1-3H3,(H,23,24)(H,26,27). The van der Waals surface area contributed by atoms with Crippen LogP contribution in [0.2, 0.25) is 0 Å². The third kappa shape index (κ3) is 4.39. The highest BCUT2D eigenvalue weighted by atomic mass is 32.1. The number of aliphatic imine (C=N–C) groups is 1. The summed E-state index contributed by atoms with van der Waals surface area (Å²) in [4.78, 5) is 34.5. The lowest BCUT2D eigenvalue weighted by atomic mass is 9.82. The quantitative estimate of drug-likeness (QED) is 0.645. The SMILES string of the molecule is COC(=O)C1=C(CN(C)CC(=O)O)NC(c2nccs2)=NC1(C)c1ccc(F)cc1. The average Bonchev–Trinajstić information content (AvgIpc) is 3.22. The molecule has 2 aromatic rings. The summed E-state index contributed by atoms with van der Waals surface area (Å²) in [5, 5.41) is 14.6. The number of rotatable bonds is 7. The molecule has 2 N–H and O–H groups in total. The highest BCUT2D eigenvalue weighted by Gasteiger charge is 2.42. The monoisotopic (exact) mass is 432 g/mol. The molecule has 0 bridgehead atoms. The number of carboxylic acids is 1. The number of thiazole rings is 1. The fourth-order valence-corrected chi connectivity index (χ4v) is 3.91. The molecule has 0 radical (unpaired) electrons. The average molecular weight is 432 g/mol. The first-order valence-corrected chi connectivity index (χ1v) is 9.87. The normalized spacial score (nSPS) is 18.8. The van der Waals surface area contributed by atoms with E-state index in [0.29, 0.717) is 22.1 Å². The number of nitrogens with zero attached hydrogens (tertiary/aromatic N) is 3. The highest BCUT2D eigenvalue weighted by Crippen LogP contribution is 2.39. The number of nitrogens with one attached hydrogen (secondary N) is 1. The molecule has 8 nitrogen and oxygen atoms in total. The lowest BCUT2D eigenvalue weighted by molar-refractivity contribution is -0.138. The Labute approximate surface area is 176 Å². The summed E-state index contributed by atoms with van der Waals surface area (Å²) in [5.41, 5.74) is 0.0388. The van der Waals surface area contributed by atoms with E-state index >= 15 is 0 Å². The van der Waals surface area contributed by atoms with Gasteiger partial charge in [-0.05, 0) is 31.7 Å². The van der Waals surface area contributed by atoms with Crippen molar-refractivity contribution in [1.29, 1.82) is 0 Å². The van der Waals surface area contributed by atoms with E-state index in [2.05, 4.69) is 10.3 Å². The number of carboxylic acid groups (broad SMARTS) is 1. The van der Waals surface area contributed by atoms with Gasteiger partial charge in [-0.1, -0.05) is 12.1 Å². The van der Waals surface area contributed by atoms with E-state index in [9.17, 15) is 14.0 Å². The number of likely N-dealkylation sites (N-methyl/N-ethyl adjacent to an activating group) is 1. The Hall–Kier alpha value is -3.11. The van der Waals surface area contributed by atoms with E-state index in [1.165, 1.54) is 30.6 Å². The van der Waals surface area contributed by atoms with Crippen molar-refractivity contribution in [3.8, 4) is 0 Å². The lowest BCUT2D eigenvalue weighted by Gasteiger charge is -2.35. The van der Waals surface area contributed by atoms with Crippen LogP contribution in [0.3, 0.4) is 0 Å². The van der Waals surface area contributed by atoms with Crippen molar-refractivity contribution >= 4 is 29.1 Å². The van der Waals surface area contributed by atoms with Crippen molar-refractivity contribution < 1.29 is 23.8 Å². The van der Waals surface area contributed by atoms with Crippen molar-refractivity contribution in [2.45, 2.75) is 12.5 Å². The molecule has 1 aliphatic heterocycles. The molecule has 0 aliphatic carbocycles. The number of benzene rings is 1. The summed E-state index contributed by atoms with van der Waals surface area (Å²) in [6.07, 6.45) is 1.63. The predicted molar refractivity (Wildman–Crippen MR) is 110 cm³/mol. The third-order valence-corrected chi connectivity index (χ3v) is 5.44. The zero-order valence-corrected chi connectivity index (χ0v) is 17.5. The van der Waals surface area contributed by atoms with Gasteiger partial charge in [0.15, 0.2) is 10.8 Å². The largest absolute Gasteiger partial charge is 0.480 e. The molecule has 3 rings (SSSR count). The number of ether oxygens (including phenoxy) is 1. The van der Waals surface area contributed by atoms with Gasteiger partial charge in [0.2, 0.25) is 0 Å². The predicted octanol–water partition coefficient (Wildman–Crippen LogP) is 1.99. The molecule has 0 fully saturated rings. The van der Waals surface area contributed by atoms with E-state index in [4.69, 9.17) is 14.8 Å². The van der Waals surface area contributed by atoms with Gasteiger partial charge in [-0.3, -0.25) is 9.69 Å². The number of amidine groups is 1. The molecule has 158 valence electrons. The third-order valence-electron chi connectivity index (χ3n) is 4.66. The summed E-state index contributed by atoms with van der Waals surface area (Å²) in [7, 11) is 2.89. The first-order chi connectivity index (χ1) is 14.2. The molecule has 2 heterocycles. The van der Waals surface area contributed by atoms with Crippen molar-refractivity contribution in [1.82, 2.24) is 15.2 Å². The molecule has 30 heavy (non-hydrogen) atoms. The molecule has 1 atom stereocenters. The number of hydrogen-bond donors (Lipinski definition) is 2. The van der Waals surface area contributed by atoms with Gasteiger partial charge >= 0.3 is 11.9 Å². The Bertz CT molecular complexity index is 1000. The maximum Gasteiger partial charge on any atom is 0.338 e. The number of carbonyl (C=O) groups is 2. The van der Waals surface area contributed by atoms with Crippen LogP contribution in [-0.2, 0) is 19.9 Å². The number of esters is 1. The number of methoxy groups -OCH3 is 1. The minimum Gasteiger partial charge on any atom is -0.480 e. The summed E-state index contributed by atoms with van der Waals surface area (Å²) in [5.74, 6) is -1.59. The van der Waals surface area contributed by atoms with Gasteiger partial charge in [0.25, 0.3) is 0 Å². The van der Waals surface area contributed by atoms with Crippen LogP contribution in [0.4, 0.5) is 4.39 Å². The molecule has 0 saturated heterocycles. The number of halogens is 1. The van der Waals surface area contributed by atoms with Crippen LogP contribution in [0, 0.1) is 5.82 Å². The molecular formula is C20H21FN4O4S. The number of aliphatic carboxylic acids is 1. The van der Waals surface area contributed by atoms with Crippen molar-refractivity contribution in [2.75, 3.05) is 27.2 Å². The Morgan fingerprint density at radius 2 is 2.03 bits per heavy atom. The van der Waals surface area contributed by atoms with Gasteiger partial charge in [-0.25, -0.2) is 19.2 Å². The van der Waals surface area contributed by atoms with Crippen LogP contribution in [-0.4, -0.2) is 60.0 Å². The molecule has 0 amide bonds. The summed E-state index contributed by atoms with van der Waals surface area (Å²) in [6.45, 7) is 1.63. The van der Waals surface area contributed by atoms with Crippen LogP contribution in [0.1, 0.15) is 17.5 Å². The van der Waals surface area contributed by atoms with Crippen LogP contribution in [0.5, 0.6) is 0 Å². The molecular weight excluding hydrogens is 411 g/mol. The topological polar surface area (TPSA) is 104 Å². The van der Waals surface area contributed by atoms with Gasteiger partial charge in [0, 0.05) is 23.8 Å². The zero-order chi connectivity index (χ0) is 21.9. The maximum absolute atomic E-state index is 13.5. The zero-order valence-electron chi connectivity index (χ0n) is 16.7. The number of carbonyl (C=O) groups excluding carboxylic acids is 1. The Morgan fingerprint density at radius 1 is 1.33 bits per heavy atom. The summed E-state index contributed by atoms with van der Waals surface area (Å²) >= 11 is 1.36. The lowest BCUT2D eigenvalue weighted by Crippen LogP contribution is -2.44. The highest BCUT2D eigenvalue weighted by molar-refractivity contribution is 7.11. The van der Waals surface area contributed by atoms with Crippen LogP contribution < -0.4 is 5.32 Å². The molecule has 0 saturated carbocycles. The first kappa shape index (κ1) is 21.6. The molecule has 1 aromatic heterocycles. The van der Waals surface area contributed by atoms with Crippen LogP contribution in [0.15, 0.2) is 52.1 Å². The molecule has 1 unspecified atom stereocenters. The van der Waals surface area contributed by atoms with Crippen molar-refractivity contribution in [3.05, 3.63) is 63.5 Å². The second kappa shape index (κ2) is 8.72. The van der Waals surface area contributed by atoms with E-state index in [-0.39, 0.29) is 18.7 Å². The second-order valence-electron chi connectivity index (χ2n) is 6.91. The Kier molecular flexibility index (Phi) is 6.28.